The van der Waals surface area contributed by atoms with Crippen LogP contribution in [0.5, 0.6) is 5.75 Å². The lowest BCUT2D eigenvalue weighted by molar-refractivity contribution is -0.136. The van der Waals surface area contributed by atoms with E-state index in [1.54, 1.807) is 24.3 Å². The van der Waals surface area contributed by atoms with Gasteiger partial charge in [-0.3, -0.25) is 14.4 Å². The molecule has 8 heteroatoms. The van der Waals surface area contributed by atoms with Crippen molar-refractivity contribution in [3.63, 3.8) is 0 Å². The van der Waals surface area contributed by atoms with Crippen molar-refractivity contribution in [2.24, 2.45) is 5.10 Å². The van der Waals surface area contributed by atoms with E-state index in [2.05, 4.69) is 21.2 Å². The van der Waals surface area contributed by atoms with Gasteiger partial charge in [0.15, 0.2) is 6.61 Å². The summed E-state index contributed by atoms with van der Waals surface area (Å²) in [5.41, 5.74) is 6.96. The highest BCUT2D eigenvalue weighted by molar-refractivity contribution is 6.39. The zero-order valence-corrected chi connectivity index (χ0v) is 19.9. The van der Waals surface area contributed by atoms with Gasteiger partial charge in [0.1, 0.15) is 5.75 Å². The number of nitrogens with zero attached hydrogens (tertiary/aromatic N) is 1. The summed E-state index contributed by atoms with van der Waals surface area (Å²) in [5, 5.41) is 9.30. The molecule has 0 radical (unpaired) electrons. The molecule has 3 rings (SSSR count). The summed E-state index contributed by atoms with van der Waals surface area (Å²) in [6, 6.07) is 20.0. The fourth-order valence-corrected chi connectivity index (χ4v) is 3.37. The summed E-state index contributed by atoms with van der Waals surface area (Å²) >= 11 is 0. The Morgan fingerprint density at radius 1 is 0.886 bits per heavy atom. The largest absolute Gasteiger partial charge is 0.484 e. The van der Waals surface area contributed by atoms with Gasteiger partial charge in [-0.25, -0.2) is 5.43 Å². The SMILES string of the molecule is CCc1ccccc1NC(=O)COc1cccc(/C=N\NC(=O)C(=O)Nc2c(C)cccc2C)c1. The Kier molecular flexibility index (Phi) is 8.72. The van der Waals surface area contributed by atoms with E-state index in [4.69, 9.17) is 4.74 Å². The normalized spacial score (nSPS) is 10.6. The molecular weight excluding hydrogens is 444 g/mol. The van der Waals surface area contributed by atoms with Crippen LogP contribution in [-0.4, -0.2) is 30.5 Å². The van der Waals surface area contributed by atoms with Gasteiger partial charge in [-0.05, 0) is 60.7 Å². The highest BCUT2D eigenvalue weighted by Crippen LogP contribution is 2.19. The Bertz CT molecular complexity index is 1230. The molecule has 0 aliphatic heterocycles. The highest BCUT2D eigenvalue weighted by atomic mass is 16.5. The lowest BCUT2D eigenvalue weighted by atomic mass is 10.1. The number of amides is 3. The van der Waals surface area contributed by atoms with E-state index in [-0.39, 0.29) is 12.5 Å². The van der Waals surface area contributed by atoms with Crippen molar-refractivity contribution < 1.29 is 19.1 Å². The van der Waals surface area contributed by atoms with Crippen molar-refractivity contribution in [3.05, 3.63) is 89.0 Å². The first-order valence-electron chi connectivity index (χ1n) is 11.2. The Hall–Kier alpha value is -4.46. The van der Waals surface area contributed by atoms with Gasteiger partial charge >= 0.3 is 11.8 Å². The van der Waals surface area contributed by atoms with E-state index in [9.17, 15) is 14.4 Å². The molecule has 0 heterocycles. The van der Waals surface area contributed by atoms with Gasteiger partial charge in [-0.1, -0.05) is 55.5 Å². The molecule has 0 spiro atoms. The molecule has 180 valence electrons. The quantitative estimate of drug-likeness (QED) is 0.262. The van der Waals surface area contributed by atoms with Crippen LogP contribution in [0.4, 0.5) is 11.4 Å². The number of para-hydroxylation sites is 2. The Morgan fingerprint density at radius 2 is 1.60 bits per heavy atom. The number of nitrogens with one attached hydrogen (secondary N) is 3. The molecule has 0 fully saturated rings. The lowest BCUT2D eigenvalue weighted by Gasteiger charge is -2.11. The summed E-state index contributed by atoms with van der Waals surface area (Å²) in [7, 11) is 0. The van der Waals surface area contributed by atoms with Gasteiger partial charge in [0.2, 0.25) is 0 Å². The molecule has 0 atom stereocenters. The van der Waals surface area contributed by atoms with E-state index in [1.807, 2.05) is 63.2 Å². The number of carbonyl (C=O) groups is 3. The average molecular weight is 473 g/mol. The second-order valence-corrected chi connectivity index (χ2v) is 7.84. The molecule has 8 nitrogen and oxygen atoms in total. The maximum atomic E-state index is 12.3. The van der Waals surface area contributed by atoms with Crippen LogP contribution in [0.2, 0.25) is 0 Å². The Balaban J connectivity index is 1.51. The summed E-state index contributed by atoms with van der Waals surface area (Å²) in [6.07, 6.45) is 2.19. The predicted molar refractivity (Wildman–Crippen MR) is 137 cm³/mol. The maximum Gasteiger partial charge on any atom is 0.329 e. The van der Waals surface area contributed by atoms with Gasteiger partial charge in [0.25, 0.3) is 5.91 Å². The third-order valence-electron chi connectivity index (χ3n) is 5.21. The number of ether oxygens (including phenoxy) is 1. The molecular formula is C27H28N4O4. The number of hydrogen-bond acceptors (Lipinski definition) is 5. The number of hydrazone groups is 1. The first-order valence-corrected chi connectivity index (χ1v) is 11.2. The second kappa shape index (κ2) is 12.1. The van der Waals surface area contributed by atoms with Gasteiger partial charge in [-0.2, -0.15) is 5.10 Å². The second-order valence-electron chi connectivity index (χ2n) is 7.84. The van der Waals surface area contributed by atoms with Crippen molar-refractivity contribution in [1.82, 2.24) is 5.43 Å². The molecule has 35 heavy (non-hydrogen) atoms. The van der Waals surface area contributed by atoms with Crippen molar-refractivity contribution >= 4 is 35.3 Å². The van der Waals surface area contributed by atoms with Gasteiger partial charge < -0.3 is 15.4 Å². The zero-order valence-electron chi connectivity index (χ0n) is 19.9. The topological polar surface area (TPSA) is 109 Å². The first-order chi connectivity index (χ1) is 16.9. The van der Waals surface area contributed by atoms with E-state index >= 15 is 0 Å². The monoisotopic (exact) mass is 472 g/mol. The number of anilines is 2. The molecule has 3 N–H and O–H groups in total. The fraction of sp³-hybridized carbons (Fsp3) is 0.185. The van der Waals surface area contributed by atoms with E-state index in [0.717, 1.165) is 28.8 Å². The average Bonchev–Trinajstić information content (AvgIpc) is 2.85. The van der Waals surface area contributed by atoms with Crippen LogP contribution in [0, 0.1) is 13.8 Å². The van der Waals surface area contributed by atoms with Gasteiger partial charge in [0, 0.05) is 11.4 Å². The molecule has 3 aromatic rings. The van der Waals surface area contributed by atoms with Crippen LogP contribution in [0.25, 0.3) is 0 Å². The molecule has 0 saturated heterocycles. The molecule has 0 unspecified atom stereocenters. The van der Waals surface area contributed by atoms with E-state index in [1.165, 1.54) is 6.21 Å². The lowest BCUT2D eigenvalue weighted by Crippen LogP contribution is -2.32. The zero-order chi connectivity index (χ0) is 25.2. The minimum absolute atomic E-state index is 0.159. The van der Waals surface area contributed by atoms with Crippen molar-refractivity contribution in [2.45, 2.75) is 27.2 Å². The summed E-state index contributed by atoms with van der Waals surface area (Å²) in [5.74, 6) is -1.51. The van der Waals surface area contributed by atoms with Crippen LogP contribution in [0.3, 0.4) is 0 Å². The minimum atomic E-state index is -0.889. The molecule has 3 aromatic carbocycles. The van der Waals surface area contributed by atoms with Crippen LogP contribution in [0.15, 0.2) is 71.8 Å². The molecule has 0 aliphatic rings. The standard InChI is InChI=1S/C27H28N4O4/c1-4-21-12-5-6-14-23(21)29-24(32)17-35-22-13-8-11-20(15-22)16-28-31-27(34)26(33)30-25-18(2)9-7-10-19(25)3/h5-16H,4,17H2,1-3H3,(H,29,32)(H,30,33)(H,31,34)/b28-16-. The van der Waals surface area contributed by atoms with E-state index in [0.29, 0.717) is 17.0 Å². The fourth-order valence-electron chi connectivity index (χ4n) is 3.37. The Labute approximate surface area is 204 Å². The Morgan fingerprint density at radius 3 is 2.34 bits per heavy atom. The van der Waals surface area contributed by atoms with Crippen LogP contribution in [-0.2, 0) is 20.8 Å². The number of benzene rings is 3. The molecule has 0 aliphatic carbocycles. The van der Waals surface area contributed by atoms with Crippen molar-refractivity contribution in [1.29, 1.82) is 0 Å². The summed E-state index contributed by atoms with van der Waals surface area (Å²) in [6.45, 7) is 5.56. The molecule has 3 amide bonds. The van der Waals surface area contributed by atoms with Crippen LogP contribution < -0.4 is 20.8 Å². The third kappa shape index (κ3) is 7.26. The van der Waals surface area contributed by atoms with Crippen molar-refractivity contribution in [2.75, 3.05) is 17.2 Å². The van der Waals surface area contributed by atoms with Crippen LogP contribution >= 0.6 is 0 Å². The molecule has 0 saturated carbocycles. The molecule has 0 bridgehead atoms. The van der Waals surface area contributed by atoms with Gasteiger partial charge in [0.05, 0.1) is 6.21 Å². The number of aryl methyl sites for hydroxylation is 3. The third-order valence-corrected chi connectivity index (χ3v) is 5.21. The predicted octanol–water partition coefficient (Wildman–Crippen LogP) is 3.97. The molecule has 0 aromatic heterocycles. The minimum Gasteiger partial charge on any atom is -0.484 e. The highest BCUT2D eigenvalue weighted by Gasteiger charge is 2.15. The van der Waals surface area contributed by atoms with Crippen LogP contribution in [0.1, 0.15) is 29.2 Å². The van der Waals surface area contributed by atoms with E-state index < -0.39 is 11.8 Å². The number of hydrogen-bond donors (Lipinski definition) is 3. The summed E-state index contributed by atoms with van der Waals surface area (Å²) in [4.78, 5) is 36.5. The van der Waals surface area contributed by atoms with Gasteiger partial charge in [-0.15, -0.1) is 0 Å². The first kappa shape index (κ1) is 25.2. The number of carbonyl (C=O) groups excluding carboxylic acids is 3. The number of rotatable bonds is 8. The summed E-state index contributed by atoms with van der Waals surface area (Å²) < 4.78 is 5.58. The smallest absolute Gasteiger partial charge is 0.329 e. The maximum absolute atomic E-state index is 12.3. The van der Waals surface area contributed by atoms with Crippen molar-refractivity contribution in [3.8, 4) is 5.75 Å².